The van der Waals surface area contributed by atoms with Crippen LogP contribution in [0.1, 0.15) is 21.7 Å². The zero-order chi connectivity index (χ0) is 17.3. The fourth-order valence-corrected chi connectivity index (χ4v) is 2.36. The van der Waals surface area contributed by atoms with Gasteiger partial charge in [0.05, 0.1) is 16.4 Å². The minimum Gasteiger partial charge on any atom is -0.305 e. The molecule has 1 N–H and O–H groups in total. The van der Waals surface area contributed by atoms with Crippen molar-refractivity contribution in [3.05, 3.63) is 64.3 Å². The Morgan fingerprint density at radius 3 is 2.79 bits per heavy atom. The van der Waals surface area contributed by atoms with E-state index in [9.17, 15) is 9.18 Å². The maximum absolute atomic E-state index is 13.3. The zero-order valence-electron chi connectivity index (χ0n) is 12.9. The van der Waals surface area contributed by atoms with E-state index in [2.05, 4.69) is 20.6 Å². The van der Waals surface area contributed by atoms with E-state index in [-0.39, 0.29) is 10.7 Å². The molecule has 1 amide bonds. The van der Waals surface area contributed by atoms with Crippen molar-refractivity contribution in [1.29, 1.82) is 0 Å². The van der Waals surface area contributed by atoms with E-state index in [1.54, 1.807) is 19.2 Å². The maximum atomic E-state index is 13.3. The standard InChI is InChI=1S/C16H13ClFN5O/c1-9-4-3-7-19-15(9)20-16(24)14-10(2)23(22-21-14)11-5-6-13(18)12(17)8-11/h3-8H,1-2H3,(H,19,20,24). The average Bonchev–Trinajstić information content (AvgIpc) is 2.94. The number of hydrogen-bond donors (Lipinski definition) is 1. The Hall–Kier alpha value is -2.80. The fourth-order valence-electron chi connectivity index (χ4n) is 2.18. The highest BCUT2D eigenvalue weighted by atomic mass is 35.5. The number of aryl methyl sites for hydroxylation is 1. The number of hydrogen-bond acceptors (Lipinski definition) is 4. The number of rotatable bonds is 3. The van der Waals surface area contributed by atoms with Crippen LogP contribution in [0.3, 0.4) is 0 Å². The summed E-state index contributed by atoms with van der Waals surface area (Å²) in [6, 6.07) is 7.78. The Morgan fingerprint density at radius 2 is 2.08 bits per heavy atom. The molecule has 0 radical (unpaired) electrons. The van der Waals surface area contributed by atoms with E-state index >= 15 is 0 Å². The first-order chi connectivity index (χ1) is 11.5. The highest BCUT2D eigenvalue weighted by Gasteiger charge is 2.19. The molecule has 0 saturated heterocycles. The summed E-state index contributed by atoms with van der Waals surface area (Å²) in [5, 5.41) is 10.5. The van der Waals surface area contributed by atoms with Crippen LogP contribution in [0.25, 0.3) is 5.69 Å². The van der Waals surface area contributed by atoms with E-state index in [1.165, 1.54) is 22.9 Å². The molecule has 0 fully saturated rings. The number of amides is 1. The van der Waals surface area contributed by atoms with Crippen molar-refractivity contribution in [3.8, 4) is 5.69 Å². The van der Waals surface area contributed by atoms with Gasteiger partial charge in [-0.05, 0) is 43.7 Å². The molecule has 0 bridgehead atoms. The largest absolute Gasteiger partial charge is 0.305 e. The van der Waals surface area contributed by atoms with Gasteiger partial charge < -0.3 is 5.32 Å². The Balaban J connectivity index is 1.91. The highest BCUT2D eigenvalue weighted by Crippen LogP contribution is 2.20. The van der Waals surface area contributed by atoms with E-state index in [0.717, 1.165) is 5.56 Å². The van der Waals surface area contributed by atoms with Crippen LogP contribution in [0.4, 0.5) is 10.2 Å². The molecule has 6 nitrogen and oxygen atoms in total. The first kappa shape index (κ1) is 16.1. The van der Waals surface area contributed by atoms with Gasteiger partial charge in [-0.1, -0.05) is 22.9 Å². The van der Waals surface area contributed by atoms with Crippen LogP contribution in [0.15, 0.2) is 36.5 Å². The van der Waals surface area contributed by atoms with Gasteiger partial charge in [-0.3, -0.25) is 4.79 Å². The quantitative estimate of drug-likeness (QED) is 0.790. The monoisotopic (exact) mass is 345 g/mol. The number of pyridine rings is 1. The van der Waals surface area contributed by atoms with Crippen molar-refractivity contribution < 1.29 is 9.18 Å². The van der Waals surface area contributed by atoms with Crippen LogP contribution in [-0.2, 0) is 0 Å². The van der Waals surface area contributed by atoms with E-state index in [1.807, 2.05) is 13.0 Å². The van der Waals surface area contributed by atoms with Crippen molar-refractivity contribution in [3.63, 3.8) is 0 Å². The predicted octanol–water partition coefficient (Wildman–Crippen LogP) is 3.32. The molecular weight excluding hydrogens is 333 g/mol. The van der Waals surface area contributed by atoms with Crippen LogP contribution < -0.4 is 5.32 Å². The van der Waals surface area contributed by atoms with Gasteiger partial charge in [0, 0.05) is 6.20 Å². The Morgan fingerprint density at radius 1 is 1.29 bits per heavy atom. The predicted molar refractivity (Wildman–Crippen MR) is 88.0 cm³/mol. The number of benzene rings is 1. The van der Waals surface area contributed by atoms with Crippen LogP contribution in [0, 0.1) is 19.7 Å². The lowest BCUT2D eigenvalue weighted by Crippen LogP contribution is -2.15. The summed E-state index contributed by atoms with van der Waals surface area (Å²) in [5.41, 5.74) is 2.00. The Bertz CT molecular complexity index is 925. The summed E-state index contributed by atoms with van der Waals surface area (Å²) in [6.45, 7) is 3.53. The number of nitrogens with one attached hydrogen (secondary N) is 1. The Labute approximate surface area is 142 Å². The van der Waals surface area contributed by atoms with E-state index < -0.39 is 11.7 Å². The smallest absolute Gasteiger partial charge is 0.279 e. The topological polar surface area (TPSA) is 72.7 Å². The van der Waals surface area contributed by atoms with Crippen molar-refractivity contribution in [2.75, 3.05) is 5.32 Å². The second kappa shape index (κ2) is 6.37. The van der Waals surface area contributed by atoms with Crippen molar-refractivity contribution in [2.24, 2.45) is 0 Å². The number of aromatic nitrogens is 4. The third-order valence-corrected chi connectivity index (χ3v) is 3.79. The van der Waals surface area contributed by atoms with E-state index in [0.29, 0.717) is 17.2 Å². The minimum atomic E-state index is -0.526. The molecule has 0 aliphatic rings. The molecular formula is C16H13ClFN5O. The van der Waals surface area contributed by atoms with Crippen molar-refractivity contribution >= 4 is 23.3 Å². The summed E-state index contributed by atoms with van der Waals surface area (Å²) in [5.74, 6) is -0.489. The molecule has 2 heterocycles. The third kappa shape index (κ3) is 2.98. The van der Waals surface area contributed by atoms with Crippen LogP contribution in [-0.4, -0.2) is 25.9 Å². The second-order valence-corrected chi connectivity index (χ2v) is 5.56. The molecule has 0 saturated carbocycles. The van der Waals surface area contributed by atoms with Gasteiger partial charge in [-0.25, -0.2) is 14.1 Å². The van der Waals surface area contributed by atoms with Gasteiger partial charge in [0.1, 0.15) is 11.6 Å². The molecule has 8 heteroatoms. The van der Waals surface area contributed by atoms with Gasteiger partial charge >= 0.3 is 0 Å². The third-order valence-electron chi connectivity index (χ3n) is 3.50. The number of halogens is 2. The summed E-state index contributed by atoms with van der Waals surface area (Å²) in [7, 11) is 0. The summed E-state index contributed by atoms with van der Waals surface area (Å²) < 4.78 is 14.7. The first-order valence-corrected chi connectivity index (χ1v) is 7.46. The Kier molecular flexibility index (Phi) is 4.26. The zero-order valence-corrected chi connectivity index (χ0v) is 13.7. The van der Waals surface area contributed by atoms with Crippen LogP contribution in [0.5, 0.6) is 0 Å². The molecule has 0 aliphatic carbocycles. The summed E-state index contributed by atoms with van der Waals surface area (Å²) in [4.78, 5) is 16.5. The first-order valence-electron chi connectivity index (χ1n) is 7.08. The van der Waals surface area contributed by atoms with Crippen LogP contribution >= 0.6 is 11.6 Å². The molecule has 2 aromatic heterocycles. The molecule has 0 unspecified atom stereocenters. The van der Waals surface area contributed by atoms with Crippen molar-refractivity contribution in [2.45, 2.75) is 13.8 Å². The molecule has 122 valence electrons. The maximum Gasteiger partial charge on any atom is 0.279 e. The van der Waals surface area contributed by atoms with Gasteiger partial charge in [-0.15, -0.1) is 5.10 Å². The van der Waals surface area contributed by atoms with Gasteiger partial charge in [-0.2, -0.15) is 0 Å². The number of carbonyl (C=O) groups excluding carboxylic acids is 1. The number of nitrogens with zero attached hydrogens (tertiary/aromatic N) is 4. The number of carbonyl (C=O) groups is 1. The molecule has 0 aliphatic heterocycles. The molecule has 0 atom stereocenters. The van der Waals surface area contributed by atoms with Crippen LogP contribution in [0.2, 0.25) is 5.02 Å². The summed E-state index contributed by atoms with van der Waals surface area (Å²) in [6.07, 6.45) is 1.59. The summed E-state index contributed by atoms with van der Waals surface area (Å²) >= 11 is 5.79. The molecule has 0 spiro atoms. The van der Waals surface area contributed by atoms with Gasteiger partial charge in [0.25, 0.3) is 5.91 Å². The fraction of sp³-hybridized carbons (Fsp3) is 0.125. The van der Waals surface area contributed by atoms with Gasteiger partial charge in [0.2, 0.25) is 0 Å². The number of anilines is 1. The lowest BCUT2D eigenvalue weighted by molar-refractivity contribution is 0.102. The normalized spacial score (nSPS) is 10.7. The average molecular weight is 346 g/mol. The highest BCUT2D eigenvalue weighted by molar-refractivity contribution is 6.30. The molecule has 24 heavy (non-hydrogen) atoms. The molecule has 3 aromatic rings. The lowest BCUT2D eigenvalue weighted by atomic mass is 10.2. The second-order valence-electron chi connectivity index (χ2n) is 5.16. The lowest BCUT2D eigenvalue weighted by Gasteiger charge is -2.06. The SMILES string of the molecule is Cc1cccnc1NC(=O)c1nnn(-c2ccc(F)c(Cl)c2)c1C. The minimum absolute atomic E-state index is 0.0301. The van der Waals surface area contributed by atoms with Crippen molar-refractivity contribution in [1.82, 2.24) is 20.0 Å². The van der Waals surface area contributed by atoms with E-state index in [4.69, 9.17) is 11.6 Å². The molecule has 3 rings (SSSR count). The van der Waals surface area contributed by atoms with Gasteiger partial charge in [0.15, 0.2) is 5.69 Å². The molecule has 1 aromatic carbocycles.